The second-order valence-electron chi connectivity index (χ2n) is 8.33. The van der Waals surface area contributed by atoms with E-state index in [2.05, 4.69) is 0 Å². The summed E-state index contributed by atoms with van der Waals surface area (Å²) in [5, 5.41) is 0.0705. The van der Waals surface area contributed by atoms with E-state index in [1.54, 1.807) is 68.7 Å². The van der Waals surface area contributed by atoms with Gasteiger partial charge in [0.15, 0.2) is 16.7 Å². The minimum atomic E-state index is -0.383. The van der Waals surface area contributed by atoms with Crippen LogP contribution in [0.25, 0.3) is 6.08 Å². The van der Waals surface area contributed by atoms with Gasteiger partial charge in [0.1, 0.15) is 11.4 Å². The lowest BCUT2D eigenvalue weighted by Gasteiger charge is -2.30. The van der Waals surface area contributed by atoms with Crippen LogP contribution in [-0.2, 0) is 14.3 Å². The van der Waals surface area contributed by atoms with Crippen LogP contribution in [-0.4, -0.2) is 74.8 Å². The summed E-state index contributed by atoms with van der Waals surface area (Å²) in [5.41, 5.74) is 1.64. The molecule has 1 atom stereocenters. The van der Waals surface area contributed by atoms with E-state index in [1.807, 2.05) is 17.9 Å². The number of amides is 2. The van der Waals surface area contributed by atoms with Gasteiger partial charge in [-0.2, -0.15) is 0 Å². The number of hydrogen-bond donors (Lipinski definition) is 0. The van der Waals surface area contributed by atoms with E-state index in [1.165, 1.54) is 11.8 Å². The molecule has 37 heavy (non-hydrogen) atoms. The molecule has 0 N–H and O–H groups in total. The Bertz CT molecular complexity index is 1190. The van der Waals surface area contributed by atoms with Crippen molar-refractivity contribution in [1.82, 2.24) is 4.90 Å². The van der Waals surface area contributed by atoms with Crippen LogP contribution in [0.5, 0.6) is 17.2 Å². The van der Waals surface area contributed by atoms with Gasteiger partial charge >= 0.3 is 0 Å². The highest BCUT2D eigenvalue weighted by atomic mass is 32.2. The van der Waals surface area contributed by atoms with Gasteiger partial charge in [0.25, 0.3) is 5.91 Å². The molecule has 9 nitrogen and oxygen atoms in total. The van der Waals surface area contributed by atoms with Gasteiger partial charge in [-0.05, 0) is 54.5 Å². The summed E-state index contributed by atoms with van der Waals surface area (Å²) in [5.74, 6) is 1.56. The predicted octanol–water partition coefficient (Wildman–Crippen LogP) is 3.83. The second-order valence-corrected chi connectivity index (χ2v) is 9.50. The molecule has 2 aliphatic rings. The van der Waals surface area contributed by atoms with Crippen LogP contribution < -0.4 is 19.1 Å². The molecule has 1 saturated heterocycles. The van der Waals surface area contributed by atoms with Crippen LogP contribution in [0.1, 0.15) is 18.9 Å². The highest BCUT2D eigenvalue weighted by Gasteiger charge is 2.36. The Morgan fingerprint density at radius 2 is 1.76 bits per heavy atom. The third kappa shape index (κ3) is 5.91. The van der Waals surface area contributed by atoms with Crippen LogP contribution >= 0.6 is 11.8 Å². The first kappa shape index (κ1) is 26.6. The van der Waals surface area contributed by atoms with Gasteiger partial charge in [0, 0.05) is 13.1 Å². The topological polar surface area (TPSA) is 89.9 Å². The molecular formula is C27H31N3O6S. The van der Waals surface area contributed by atoms with Crippen molar-refractivity contribution in [3.8, 4) is 17.2 Å². The van der Waals surface area contributed by atoms with Gasteiger partial charge in [-0.1, -0.05) is 24.8 Å². The molecule has 0 saturated carbocycles. The SMILES string of the molecule is CCC(SC1=NC(=Cc2ccc(OC)c(OC)c2)C(=O)N1c1ccc(OC)cc1)C(=O)N1CCOCC1. The largest absolute Gasteiger partial charge is 0.497 e. The molecule has 2 aromatic rings. The number of thioether (sulfide) groups is 1. The average molecular weight is 526 g/mol. The Hall–Kier alpha value is -3.50. The van der Waals surface area contributed by atoms with Crippen molar-refractivity contribution in [3.05, 3.63) is 53.7 Å². The maximum atomic E-state index is 13.6. The number of carbonyl (C=O) groups excluding carboxylic acids is 2. The smallest absolute Gasteiger partial charge is 0.283 e. The summed E-state index contributed by atoms with van der Waals surface area (Å²) in [6, 6.07) is 12.6. The lowest BCUT2D eigenvalue weighted by atomic mass is 10.1. The Kier molecular flexibility index (Phi) is 8.73. The molecule has 2 aromatic carbocycles. The number of benzene rings is 2. The Labute approximate surface area is 221 Å². The molecule has 4 rings (SSSR count). The molecule has 0 radical (unpaired) electrons. The molecular weight excluding hydrogens is 494 g/mol. The van der Waals surface area contributed by atoms with E-state index in [0.29, 0.717) is 60.8 Å². The third-order valence-corrected chi connectivity index (χ3v) is 7.39. The second kappa shape index (κ2) is 12.2. The maximum absolute atomic E-state index is 13.6. The molecule has 2 amide bonds. The van der Waals surface area contributed by atoms with E-state index in [0.717, 1.165) is 5.56 Å². The van der Waals surface area contributed by atoms with E-state index in [4.69, 9.17) is 23.9 Å². The molecule has 0 aromatic heterocycles. The van der Waals surface area contributed by atoms with E-state index >= 15 is 0 Å². The van der Waals surface area contributed by atoms with Crippen molar-refractivity contribution in [1.29, 1.82) is 0 Å². The number of rotatable bonds is 8. The molecule has 1 fully saturated rings. The monoisotopic (exact) mass is 525 g/mol. The van der Waals surface area contributed by atoms with Gasteiger partial charge in [-0.3, -0.25) is 14.5 Å². The summed E-state index contributed by atoms with van der Waals surface area (Å²) in [4.78, 5) is 35.0. The normalized spacial score (nSPS) is 17.6. The Balaban J connectivity index is 1.68. The summed E-state index contributed by atoms with van der Waals surface area (Å²) < 4.78 is 21.4. The van der Waals surface area contributed by atoms with Gasteiger partial charge in [0.05, 0.1) is 45.5 Å². The molecule has 0 aliphatic carbocycles. The zero-order chi connectivity index (χ0) is 26.4. The van der Waals surface area contributed by atoms with Crippen LogP contribution in [0.2, 0.25) is 0 Å². The average Bonchev–Trinajstić information content (AvgIpc) is 3.25. The summed E-state index contributed by atoms with van der Waals surface area (Å²) in [7, 11) is 4.72. The highest BCUT2D eigenvalue weighted by Crippen LogP contribution is 2.34. The van der Waals surface area contributed by atoms with E-state index < -0.39 is 0 Å². The van der Waals surface area contributed by atoms with E-state index in [-0.39, 0.29) is 22.8 Å². The van der Waals surface area contributed by atoms with Crippen molar-refractivity contribution in [2.75, 3.05) is 52.5 Å². The lowest BCUT2D eigenvalue weighted by Crippen LogP contribution is -2.45. The maximum Gasteiger partial charge on any atom is 0.283 e. The summed E-state index contributed by atoms with van der Waals surface area (Å²) in [6.45, 7) is 4.15. The number of aliphatic imine (C=N–C) groups is 1. The standard InChI is InChI=1S/C27H31N3O6S/c1-5-24(26(32)29-12-14-36-15-13-29)37-27-28-21(16-18-6-11-22(34-3)23(17-18)35-4)25(31)30(27)19-7-9-20(33-2)10-8-19/h6-11,16-17,24H,5,12-15H2,1-4H3. The Morgan fingerprint density at radius 1 is 1.05 bits per heavy atom. The first-order valence-electron chi connectivity index (χ1n) is 12.0. The quantitative estimate of drug-likeness (QED) is 0.484. The minimum absolute atomic E-state index is 0.0259. The predicted molar refractivity (Wildman–Crippen MR) is 145 cm³/mol. The zero-order valence-electron chi connectivity index (χ0n) is 21.4. The first-order chi connectivity index (χ1) is 18.0. The number of morpholine rings is 1. The molecule has 0 bridgehead atoms. The van der Waals surface area contributed by atoms with Crippen molar-refractivity contribution in [2.45, 2.75) is 18.6 Å². The molecule has 196 valence electrons. The number of methoxy groups -OCH3 is 3. The number of nitrogens with zero attached hydrogens (tertiary/aromatic N) is 3. The number of ether oxygens (including phenoxy) is 4. The fourth-order valence-electron chi connectivity index (χ4n) is 4.06. The third-order valence-electron chi connectivity index (χ3n) is 6.09. The minimum Gasteiger partial charge on any atom is -0.497 e. The molecule has 10 heteroatoms. The molecule has 2 aliphatic heterocycles. The van der Waals surface area contributed by atoms with Crippen molar-refractivity contribution in [3.63, 3.8) is 0 Å². The van der Waals surface area contributed by atoms with Gasteiger partial charge < -0.3 is 23.8 Å². The summed E-state index contributed by atoms with van der Waals surface area (Å²) >= 11 is 1.31. The fraction of sp³-hybridized carbons (Fsp3) is 0.370. The lowest BCUT2D eigenvalue weighted by molar-refractivity contribution is -0.134. The van der Waals surface area contributed by atoms with Gasteiger partial charge in [-0.15, -0.1) is 0 Å². The summed E-state index contributed by atoms with van der Waals surface area (Å²) in [6.07, 6.45) is 2.30. The number of amidine groups is 1. The van der Waals surface area contributed by atoms with Crippen LogP contribution in [0.3, 0.4) is 0 Å². The fourth-order valence-corrected chi connectivity index (χ4v) is 5.17. The van der Waals surface area contributed by atoms with Gasteiger partial charge in [-0.25, -0.2) is 4.99 Å². The van der Waals surface area contributed by atoms with Crippen LogP contribution in [0.15, 0.2) is 53.2 Å². The molecule has 1 unspecified atom stereocenters. The van der Waals surface area contributed by atoms with Gasteiger partial charge in [0.2, 0.25) is 5.91 Å². The van der Waals surface area contributed by atoms with Crippen LogP contribution in [0, 0.1) is 0 Å². The van der Waals surface area contributed by atoms with Crippen LogP contribution in [0.4, 0.5) is 5.69 Å². The van der Waals surface area contributed by atoms with Crippen molar-refractivity contribution in [2.24, 2.45) is 4.99 Å². The number of hydrogen-bond acceptors (Lipinski definition) is 8. The molecule has 2 heterocycles. The van der Waals surface area contributed by atoms with E-state index in [9.17, 15) is 9.59 Å². The highest BCUT2D eigenvalue weighted by molar-refractivity contribution is 8.15. The van der Waals surface area contributed by atoms with Crippen molar-refractivity contribution < 1.29 is 28.5 Å². The molecule has 0 spiro atoms. The van der Waals surface area contributed by atoms with Crippen molar-refractivity contribution >= 4 is 40.5 Å². The number of anilines is 1. The Morgan fingerprint density at radius 3 is 2.38 bits per heavy atom. The zero-order valence-corrected chi connectivity index (χ0v) is 22.2. The first-order valence-corrected chi connectivity index (χ1v) is 12.9. The number of carbonyl (C=O) groups is 2.